The van der Waals surface area contributed by atoms with Crippen molar-refractivity contribution < 1.29 is 4.79 Å². The second-order valence-electron chi connectivity index (χ2n) is 8.16. The Labute approximate surface area is 173 Å². The summed E-state index contributed by atoms with van der Waals surface area (Å²) in [6.45, 7) is 6.98. The van der Waals surface area contributed by atoms with Gasteiger partial charge in [0.25, 0.3) is 0 Å². The van der Waals surface area contributed by atoms with Gasteiger partial charge in [-0.3, -0.25) is 14.6 Å². The van der Waals surface area contributed by atoms with Gasteiger partial charge < -0.3 is 15.2 Å². The molecule has 2 N–H and O–H groups in total. The molecule has 0 spiro atoms. The van der Waals surface area contributed by atoms with Crippen LogP contribution in [0.2, 0.25) is 0 Å². The third-order valence-corrected chi connectivity index (χ3v) is 5.97. The molecule has 1 atom stereocenters. The topological polar surface area (TPSA) is 65.4 Å². The summed E-state index contributed by atoms with van der Waals surface area (Å²) in [4.78, 5) is 21.8. The largest absolute Gasteiger partial charge is 0.351 e. The second kappa shape index (κ2) is 9.52. The van der Waals surface area contributed by atoms with E-state index in [1.165, 1.54) is 31.5 Å². The van der Waals surface area contributed by atoms with Gasteiger partial charge in [0.2, 0.25) is 5.91 Å². The maximum absolute atomic E-state index is 12.6. The van der Waals surface area contributed by atoms with Gasteiger partial charge in [-0.25, -0.2) is 4.98 Å². The molecule has 2 saturated heterocycles. The summed E-state index contributed by atoms with van der Waals surface area (Å²) in [6, 6.07) is 8.76. The Bertz CT molecular complexity index is 796. The van der Waals surface area contributed by atoms with Gasteiger partial charge in [-0.1, -0.05) is 24.3 Å². The average Bonchev–Trinajstić information content (AvgIpc) is 3.40. The molecule has 4 rings (SSSR count). The highest BCUT2D eigenvalue weighted by molar-refractivity contribution is 5.78. The van der Waals surface area contributed by atoms with E-state index in [1.807, 2.05) is 24.0 Å². The minimum Gasteiger partial charge on any atom is -0.351 e. The molecule has 0 bridgehead atoms. The number of likely N-dealkylation sites (tertiary alicyclic amines) is 1. The third kappa shape index (κ3) is 5.23. The molecule has 2 fully saturated rings. The van der Waals surface area contributed by atoms with Crippen LogP contribution < -0.4 is 10.6 Å². The van der Waals surface area contributed by atoms with Gasteiger partial charge in [-0.05, 0) is 37.1 Å². The highest BCUT2D eigenvalue weighted by Gasteiger charge is 2.28. The first-order valence-corrected chi connectivity index (χ1v) is 10.7. The monoisotopic (exact) mass is 396 g/mol. The van der Waals surface area contributed by atoms with Crippen LogP contribution in [0.25, 0.3) is 0 Å². The Morgan fingerprint density at radius 3 is 2.66 bits per heavy atom. The molecule has 156 valence electrons. The van der Waals surface area contributed by atoms with Crippen molar-refractivity contribution in [2.75, 3.05) is 39.3 Å². The third-order valence-electron chi connectivity index (χ3n) is 5.97. The summed E-state index contributed by atoms with van der Waals surface area (Å²) in [5, 5.41) is 6.49. The van der Waals surface area contributed by atoms with Crippen molar-refractivity contribution in [2.45, 2.75) is 32.0 Å². The van der Waals surface area contributed by atoms with Crippen molar-refractivity contribution in [3.05, 3.63) is 53.6 Å². The molecule has 29 heavy (non-hydrogen) atoms. The molecule has 0 radical (unpaired) electrons. The second-order valence-corrected chi connectivity index (χ2v) is 8.16. The van der Waals surface area contributed by atoms with E-state index in [4.69, 9.17) is 0 Å². The van der Waals surface area contributed by atoms with Crippen LogP contribution in [0.15, 0.2) is 36.7 Å². The Balaban J connectivity index is 1.27. The van der Waals surface area contributed by atoms with Crippen molar-refractivity contribution in [1.82, 2.24) is 30.0 Å². The predicted octanol–water partition coefficient (Wildman–Crippen LogP) is 1.28. The lowest BCUT2D eigenvalue weighted by Gasteiger charge is -2.35. The zero-order chi connectivity index (χ0) is 20.1. The number of carbonyl (C=O) groups is 1. The Morgan fingerprint density at radius 2 is 1.93 bits per heavy atom. The van der Waals surface area contributed by atoms with Crippen molar-refractivity contribution >= 4 is 5.91 Å². The van der Waals surface area contributed by atoms with Gasteiger partial charge in [0.15, 0.2) is 0 Å². The van der Waals surface area contributed by atoms with E-state index >= 15 is 0 Å². The lowest BCUT2D eigenvalue weighted by Crippen LogP contribution is -2.50. The zero-order valence-corrected chi connectivity index (χ0v) is 17.3. The van der Waals surface area contributed by atoms with E-state index in [0.29, 0.717) is 13.1 Å². The number of hydrogen-bond acceptors (Lipinski definition) is 5. The summed E-state index contributed by atoms with van der Waals surface area (Å²) in [7, 11) is 2.00. The van der Waals surface area contributed by atoms with E-state index < -0.39 is 0 Å². The predicted molar refractivity (Wildman–Crippen MR) is 113 cm³/mol. The molecule has 1 amide bonds. The van der Waals surface area contributed by atoms with Crippen molar-refractivity contribution in [3.63, 3.8) is 0 Å². The summed E-state index contributed by atoms with van der Waals surface area (Å²) >= 11 is 0. The number of carbonyl (C=O) groups excluding carboxylic acids is 1. The van der Waals surface area contributed by atoms with Crippen LogP contribution in [0, 0.1) is 0 Å². The molecule has 3 heterocycles. The summed E-state index contributed by atoms with van der Waals surface area (Å²) in [5.74, 6) is 1.06. The molecule has 2 aromatic rings. The molecule has 0 saturated carbocycles. The normalized spacial score (nSPS) is 20.8. The van der Waals surface area contributed by atoms with Crippen LogP contribution in [0.3, 0.4) is 0 Å². The molecule has 0 aliphatic carbocycles. The quantitative estimate of drug-likeness (QED) is 0.738. The number of imidazole rings is 1. The van der Waals surface area contributed by atoms with Crippen LogP contribution in [0.4, 0.5) is 0 Å². The van der Waals surface area contributed by atoms with Crippen molar-refractivity contribution in [1.29, 1.82) is 0 Å². The summed E-state index contributed by atoms with van der Waals surface area (Å²) in [6.07, 6.45) is 6.40. The van der Waals surface area contributed by atoms with E-state index in [1.54, 1.807) is 0 Å². The fourth-order valence-corrected chi connectivity index (χ4v) is 4.29. The smallest absolute Gasteiger partial charge is 0.234 e. The maximum atomic E-state index is 12.6. The molecule has 1 unspecified atom stereocenters. The maximum Gasteiger partial charge on any atom is 0.234 e. The van der Waals surface area contributed by atoms with Crippen LogP contribution in [-0.2, 0) is 24.9 Å². The molecule has 2 aliphatic heterocycles. The minimum atomic E-state index is 0.0623. The number of rotatable bonds is 7. The first kappa shape index (κ1) is 20.1. The molecular formula is C22H32N6O. The number of benzene rings is 1. The van der Waals surface area contributed by atoms with Gasteiger partial charge in [-0.2, -0.15) is 0 Å². The fraction of sp³-hybridized carbons (Fsp3) is 0.545. The molecule has 7 nitrogen and oxygen atoms in total. The standard InChI is InChI=1S/C22H32N6O/c1-26-12-9-24-22(26)20-15-23-8-13-28(20)17-21(29)25-14-18-4-6-19(7-5-18)16-27-10-2-3-11-27/h4-7,9,12,20,23H,2-3,8,10-11,13-17H2,1H3,(H,25,29). The molecular weight excluding hydrogens is 364 g/mol. The lowest BCUT2D eigenvalue weighted by atomic mass is 10.1. The fourth-order valence-electron chi connectivity index (χ4n) is 4.29. The zero-order valence-electron chi connectivity index (χ0n) is 17.3. The number of nitrogens with one attached hydrogen (secondary N) is 2. The molecule has 1 aromatic carbocycles. The van der Waals surface area contributed by atoms with E-state index in [0.717, 1.165) is 37.6 Å². The van der Waals surface area contributed by atoms with Gasteiger partial charge in [-0.15, -0.1) is 0 Å². The van der Waals surface area contributed by atoms with Gasteiger partial charge in [0.1, 0.15) is 5.82 Å². The number of hydrogen-bond donors (Lipinski definition) is 2. The SMILES string of the molecule is Cn1ccnc1C1CNCCN1CC(=O)NCc1ccc(CN2CCCC2)cc1. The average molecular weight is 397 g/mol. The van der Waals surface area contributed by atoms with Crippen LogP contribution >= 0.6 is 0 Å². The van der Waals surface area contributed by atoms with Gasteiger partial charge >= 0.3 is 0 Å². The number of amides is 1. The molecule has 2 aliphatic rings. The Kier molecular flexibility index (Phi) is 6.59. The van der Waals surface area contributed by atoms with E-state index in [-0.39, 0.29) is 11.9 Å². The van der Waals surface area contributed by atoms with E-state index in [9.17, 15) is 4.79 Å². The number of piperazine rings is 1. The Morgan fingerprint density at radius 1 is 1.17 bits per heavy atom. The first-order valence-electron chi connectivity index (χ1n) is 10.7. The van der Waals surface area contributed by atoms with Gasteiger partial charge in [0, 0.05) is 52.2 Å². The summed E-state index contributed by atoms with van der Waals surface area (Å²) in [5.41, 5.74) is 2.49. The first-order chi connectivity index (χ1) is 14.2. The highest BCUT2D eigenvalue weighted by atomic mass is 16.2. The van der Waals surface area contributed by atoms with Crippen molar-refractivity contribution in [3.8, 4) is 0 Å². The van der Waals surface area contributed by atoms with Crippen molar-refractivity contribution in [2.24, 2.45) is 7.05 Å². The minimum absolute atomic E-state index is 0.0623. The number of nitrogens with zero attached hydrogens (tertiary/aromatic N) is 4. The lowest BCUT2D eigenvalue weighted by molar-refractivity contribution is -0.123. The Hall–Kier alpha value is -2.22. The van der Waals surface area contributed by atoms with Crippen LogP contribution in [0.5, 0.6) is 0 Å². The van der Waals surface area contributed by atoms with Gasteiger partial charge in [0.05, 0.1) is 12.6 Å². The molecule has 7 heteroatoms. The highest BCUT2D eigenvalue weighted by Crippen LogP contribution is 2.20. The van der Waals surface area contributed by atoms with Crippen LogP contribution in [0.1, 0.15) is 35.8 Å². The van der Waals surface area contributed by atoms with Crippen LogP contribution in [-0.4, -0.2) is 64.5 Å². The number of aromatic nitrogens is 2. The van der Waals surface area contributed by atoms with E-state index in [2.05, 4.69) is 49.7 Å². The number of aryl methyl sites for hydroxylation is 1. The molecule has 1 aromatic heterocycles. The summed E-state index contributed by atoms with van der Waals surface area (Å²) < 4.78 is 2.03.